The molecule has 0 spiro atoms. The van der Waals surface area contributed by atoms with Crippen LogP contribution in [0.5, 0.6) is 0 Å². The molecule has 0 bridgehead atoms. The zero-order valence-electron chi connectivity index (χ0n) is 9.11. The maximum Gasteiger partial charge on any atom is -0.0236 e. The molecule has 0 amide bonds. The van der Waals surface area contributed by atoms with Crippen molar-refractivity contribution in [3.63, 3.8) is 0 Å². The minimum atomic E-state index is 0.546. The SMILES string of the molecule is CCC(C)(C)C1CCCC[C]1C. The highest BCUT2D eigenvalue weighted by atomic mass is 14.4. The maximum absolute atomic E-state index is 2.42. The molecular weight excluding hydrogens is 144 g/mol. The Morgan fingerprint density at radius 2 is 2.00 bits per heavy atom. The second-order valence-electron chi connectivity index (χ2n) is 4.99. The van der Waals surface area contributed by atoms with E-state index in [1.807, 2.05) is 0 Å². The fourth-order valence-corrected chi connectivity index (χ4v) is 2.48. The van der Waals surface area contributed by atoms with E-state index >= 15 is 0 Å². The minimum Gasteiger partial charge on any atom is -0.0649 e. The lowest BCUT2D eigenvalue weighted by Gasteiger charge is -2.40. The van der Waals surface area contributed by atoms with Crippen LogP contribution in [-0.2, 0) is 0 Å². The molecule has 1 aliphatic carbocycles. The molecule has 0 aromatic carbocycles. The van der Waals surface area contributed by atoms with Crippen molar-refractivity contribution < 1.29 is 0 Å². The highest BCUT2D eigenvalue weighted by Crippen LogP contribution is 2.44. The number of hydrogen-bond donors (Lipinski definition) is 0. The zero-order chi connectivity index (χ0) is 9.19. The number of rotatable bonds is 2. The third-order valence-corrected chi connectivity index (χ3v) is 3.76. The average Bonchev–Trinajstić information content (AvgIpc) is 2.05. The molecule has 1 rings (SSSR count). The van der Waals surface area contributed by atoms with Gasteiger partial charge >= 0.3 is 0 Å². The Balaban J connectivity index is 2.58. The number of hydrogen-bond acceptors (Lipinski definition) is 0. The van der Waals surface area contributed by atoms with Crippen molar-refractivity contribution in [2.45, 2.75) is 59.8 Å². The van der Waals surface area contributed by atoms with Gasteiger partial charge in [0, 0.05) is 0 Å². The highest BCUT2D eigenvalue weighted by Gasteiger charge is 2.33. The van der Waals surface area contributed by atoms with Crippen LogP contribution < -0.4 is 0 Å². The van der Waals surface area contributed by atoms with E-state index in [0.717, 1.165) is 5.92 Å². The molecular formula is C12H23. The summed E-state index contributed by atoms with van der Waals surface area (Å²) in [5.41, 5.74) is 0.546. The van der Waals surface area contributed by atoms with Gasteiger partial charge in [-0.15, -0.1) is 0 Å². The first-order chi connectivity index (χ1) is 5.58. The lowest BCUT2D eigenvalue weighted by atomic mass is 9.65. The van der Waals surface area contributed by atoms with E-state index in [0.29, 0.717) is 5.41 Å². The van der Waals surface area contributed by atoms with Crippen molar-refractivity contribution in [1.29, 1.82) is 0 Å². The molecule has 0 heteroatoms. The van der Waals surface area contributed by atoms with Crippen LogP contribution in [0.2, 0.25) is 0 Å². The molecule has 0 N–H and O–H groups in total. The normalized spacial score (nSPS) is 27.5. The van der Waals surface area contributed by atoms with Gasteiger partial charge in [0.1, 0.15) is 0 Å². The van der Waals surface area contributed by atoms with Gasteiger partial charge < -0.3 is 0 Å². The monoisotopic (exact) mass is 167 g/mol. The lowest BCUT2D eigenvalue weighted by molar-refractivity contribution is 0.175. The fraction of sp³-hybridized carbons (Fsp3) is 0.917. The van der Waals surface area contributed by atoms with E-state index in [9.17, 15) is 0 Å². The highest BCUT2D eigenvalue weighted by molar-refractivity contribution is 5.00. The Morgan fingerprint density at radius 3 is 2.50 bits per heavy atom. The summed E-state index contributed by atoms with van der Waals surface area (Å²) in [6, 6.07) is 0. The molecule has 1 aliphatic rings. The molecule has 1 saturated carbocycles. The second kappa shape index (κ2) is 3.81. The third-order valence-electron chi connectivity index (χ3n) is 3.76. The van der Waals surface area contributed by atoms with E-state index in [1.54, 1.807) is 5.92 Å². The van der Waals surface area contributed by atoms with Crippen molar-refractivity contribution in [3.8, 4) is 0 Å². The molecule has 0 aliphatic heterocycles. The molecule has 1 radical (unpaired) electrons. The maximum atomic E-state index is 2.42. The molecule has 1 fully saturated rings. The van der Waals surface area contributed by atoms with Crippen molar-refractivity contribution in [3.05, 3.63) is 5.92 Å². The Hall–Kier alpha value is 0. The van der Waals surface area contributed by atoms with Crippen molar-refractivity contribution >= 4 is 0 Å². The molecule has 0 aromatic rings. The van der Waals surface area contributed by atoms with E-state index in [-0.39, 0.29) is 0 Å². The smallest absolute Gasteiger partial charge is 0.0236 e. The van der Waals surface area contributed by atoms with Crippen LogP contribution in [0.15, 0.2) is 0 Å². The summed E-state index contributed by atoms with van der Waals surface area (Å²) in [7, 11) is 0. The summed E-state index contributed by atoms with van der Waals surface area (Å²) in [5.74, 6) is 2.66. The Bertz CT molecular complexity index is 135. The Morgan fingerprint density at radius 1 is 1.33 bits per heavy atom. The first-order valence-electron chi connectivity index (χ1n) is 5.40. The van der Waals surface area contributed by atoms with Crippen molar-refractivity contribution in [1.82, 2.24) is 0 Å². The summed E-state index contributed by atoms with van der Waals surface area (Å²) < 4.78 is 0. The fourth-order valence-electron chi connectivity index (χ4n) is 2.48. The standard InChI is InChI=1S/C12H23/c1-5-12(3,4)11-9-7-6-8-10(11)2/h11H,5-9H2,1-4H3. The summed E-state index contributed by atoms with van der Waals surface area (Å²) in [6.07, 6.45) is 7.02. The molecule has 0 aromatic heterocycles. The van der Waals surface area contributed by atoms with Crippen LogP contribution in [0.4, 0.5) is 0 Å². The van der Waals surface area contributed by atoms with E-state index in [2.05, 4.69) is 27.7 Å². The molecule has 0 heterocycles. The van der Waals surface area contributed by atoms with Crippen LogP contribution in [0, 0.1) is 17.3 Å². The van der Waals surface area contributed by atoms with Crippen LogP contribution in [0.1, 0.15) is 59.8 Å². The Kier molecular flexibility index (Phi) is 3.20. The van der Waals surface area contributed by atoms with Gasteiger partial charge in [0.15, 0.2) is 0 Å². The summed E-state index contributed by atoms with van der Waals surface area (Å²) >= 11 is 0. The summed E-state index contributed by atoms with van der Waals surface area (Å²) in [6.45, 7) is 9.53. The Labute approximate surface area is 77.7 Å². The minimum absolute atomic E-state index is 0.546. The molecule has 12 heavy (non-hydrogen) atoms. The van der Waals surface area contributed by atoms with E-state index in [4.69, 9.17) is 0 Å². The predicted octanol–water partition coefficient (Wildman–Crippen LogP) is 4.21. The van der Waals surface area contributed by atoms with Gasteiger partial charge in [0.25, 0.3) is 0 Å². The zero-order valence-corrected chi connectivity index (χ0v) is 9.11. The second-order valence-corrected chi connectivity index (χ2v) is 4.99. The lowest BCUT2D eigenvalue weighted by Crippen LogP contribution is -2.30. The van der Waals surface area contributed by atoms with Gasteiger partial charge in [-0.3, -0.25) is 0 Å². The largest absolute Gasteiger partial charge is 0.0649 e. The first-order valence-corrected chi connectivity index (χ1v) is 5.40. The van der Waals surface area contributed by atoms with Crippen LogP contribution in [-0.4, -0.2) is 0 Å². The summed E-state index contributed by atoms with van der Waals surface area (Å²) in [4.78, 5) is 0. The van der Waals surface area contributed by atoms with Gasteiger partial charge in [0.05, 0.1) is 0 Å². The van der Waals surface area contributed by atoms with Crippen molar-refractivity contribution in [2.75, 3.05) is 0 Å². The third kappa shape index (κ3) is 2.02. The quantitative estimate of drug-likeness (QED) is 0.578. The summed E-state index contributed by atoms with van der Waals surface area (Å²) in [5, 5.41) is 0. The molecule has 0 saturated heterocycles. The molecule has 0 nitrogen and oxygen atoms in total. The molecule has 1 unspecified atom stereocenters. The first kappa shape index (κ1) is 10.1. The van der Waals surface area contributed by atoms with Gasteiger partial charge in [0.2, 0.25) is 0 Å². The van der Waals surface area contributed by atoms with Gasteiger partial charge in [-0.05, 0) is 30.1 Å². The van der Waals surface area contributed by atoms with E-state index in [1.165, 1.54) is 32.1 Å². The van der Waals surface area contributed by atoms with Crippen LogP contribution in [0.3, 0.4) is 0 Å². The topological polar surface area (TPSA) is 0 Å². The van der Waals surface area contributed by atoms with Gasteiger partial charge in [-0.2, -0.15) is 0 Å². The van der Waals surface area contributed by atoms with Gasteiger partial charge in [-0.25, -0.2) is 0 Å². The van der Waals surface area contributed by atoms with E-state index < -0.39 is 0 Å². The predicted molar refractivity (Wildman–Crippen MR) is 54.9 cm³/mol. The average molecular weight is 167 g/mol. The molecule has 71 valence electrons. The van der Waals surface area contributed by atoms with Crippen LogP contribution in [0.25, 0.3) is 0 Å². The molecule has 1 atom stereocenters. The van der Waals surface area contributed by atoms with Gasteiger partial charge in [-0.1, -0.05) is 47.0 Å². The van der Waals surface area contributed by atoms with Crippen LogP contribution >= 0.6 is 0 Å². The van der Waals surface area contributed by atoms with Crippen molar-refractivity contribution in [2.24, 2.45) is 11.3 Å².